The average Bonchev–Trinajstić information content (AvgIpc) is 3.41. The summed E-state index contributed by atoms with van der Waals surface area (Å²) >= 11 is 1.45. The number of furan rings is 1. The van der Waals surface area contributed by atoms with Gasteiger partial charge in [0.05, 0.1) is 5.69 Å². The Bertz CT molecular complexity index is 1420. The van der Waals surface area contributed by atoms with Gasteiger partial charge in [0.15, 0.2) is 10.8 Å². The van der Waals surface area contributed by atoms with Gasteiger partial charge < -0.3 is 4.42 Å². The molecular formula is C19H12N6OS. The quantitative estimate of drug-likeness (QED) is 0.455. The summed E-state index contributed by atoms with van der Waals surface area (Å²) in [5, 5.41) is 15.2. The predicted octanol–water partition coefficient (Wildman–Crippen LogP) is 4.22. The lowest BCUT2D eigenvalue weighted by Crippen LogP contribution is -1.96. The monoisotopic (exact) mass is 372 g/mol. The van der Waals surface area contributed by atoms with Crippen LogP contribution in [-0.4, -0.2) is 29.2 Å². The van der Waals surface area contributed by atoms with Crippen LogP contribution < -0.4 is 0 Å². The Morgan fingerprint density at radius 3 is 2.85 bits per heavy atom. The SMILES string of the molecule is Cc1nc2ccccn2c1-c1nnc2sc(-c3cc4ccccc4o3)nn12. The van der Waals surface area contributed by atoms with Crippen molar-refractivity contribution < 1.29 is 4.42 Å². The highest BCUT2D eigenvalue weighted by Crippen LogP contribution is 2.32. The number of fused-ring (bicyclic) bond motifs is 3. The molecule has 0 radical (unpaired) electrons. The van der Waals surface area contributed by atoms with Crippen LogP contribution in [0.5, 0.6) is 0 Å². The van der Waals surface area contributed by atoms with Crippen molar-refractivity contribution in [3.05, 3.63) is 60.4 Å². The molecule has 8 heteroatoms. The topological polar surface area (TPSA) is 73.5 Å². The highest BCUT2D eigenvalue weighted by molar-refractivity contribution is 7.19. The lowest BCUT2D eigenvalue weighted by atomic mass is 10.2. The fraction of sp³-hybridized carbons (Fsp3) is 0.0526. The second-order valence-electron chi connectivity index (χ2n) is 6.25. The van der Waals surface area contributed by atoms with Crippen molar-refractivity contribution in [3.8, 4) is 22.3 Å². The van der Waals surface area contributed by atoms with E-state index in [1.165, 1.54) is 11.3 Å². The maximum atomic E-state index is 5.95. The van der Waals surface area contributed by atoms with E-state index in [1.54, 1.807) is 4.52 Å². The zero-order chi connectivity index (χ0) is 18.0. The molecule has 0 aliphatic carbocycles. The van der Waals surface area contributed by atoms with Crippen molar-refractivity contribution in [2.45, 2.75) is 6.92 Å². The minimum atomic E-state index is 0.666. The molecule has 5 aromatic heterocycles. The molecule has 0 aliphatic rings. The van der Waals surface area contributed by atoms with Crippen LogP contribution in [0.1, 0.15) is 5.69 Å². The first kappa shape index (κ1) is 14.6. The van der Waals surface area contributed by atoms with Crippen LogP contribution in [0, 0.1) is 6.92 Å². The Balaban J connectivity index is 1.56. The number of aromatic nitrogens is 6. The largest absolute Gasteiger partial charge is 0.453 e. The molecule has 6 rings (SSSR count). The van der Waals surface area contributed by atoms with E-state index in [-0.39, 0.29) is 0 Å². The summed E-state index contributed by atoms with van der Waals surface area (Å²) < 4.78 is 9.71. The molecule has 0 unspecified atom stereocenters. The van der Waals surface area contributed by atoms with Gasteiger partial charge in [-0.3, -0.25) is 4.40 Å². The third-order valence-corrected chi connectivity index (χ3v) is 5.46. The van der Waals surface area contributed by atoms with Gasteiger partial charge >= 0.3 is 0 Å². The number of pyridine rings is 1. The molecule has 0 saturated carbocycles. The molecule has 0 bridgehead atoms. The Labute approximate surface area is 156 Å². The Morgan fingerprint density at radius 1 is 1.04 bits per heavy atom. The zero-order valence-electron chi connectivity index (χ0n) is 14.2. The van der Waals surface area contributed by atoms with Crippen LogP contribution >= 0.6 is 11.3 Å². The highest BCUT2D eigenvalue weighted by atomic mass is 32.1. The maximum absolute atomic E-state index is 5.95. The van der Waals surface area contributed by atoms with Crippen molar-refractivity contribution in [1.82, 2.24) is 29.2 Å². The van der Waals surface area contributed by atoms with E-state index >= 15 is 0 Å². The van der Waals surface area contributed by atoms with Crippen molar-refractivity contribution in [2.24, 2.45) is 0 Å². The number of imidazole rings is 1. The lowest BCUT2D eigenvalue weighted by molar-refractivity contribution is 0.629. The van der Waals surface area contributed by atoms with Crippen LogP contribution in [0.3, 0.4) is 0 Å². The van der Waals surface area contributed by atoms with Crippen LogP contribution in [0.25, 0.3) is 43.9 Å². The lowest BCUT2D eigenvalue weighted by Gasteiger charge is -1.99. The first-order valence-electron chi connectivity index (χ1n) is 8.43. The number of nitrogens with zero attached hydrogens (tertiary/aromatic N) is 6. The van der Waals surface area contributed by atoms with Crippen LogP contribution in [0.2, 0.25) is 0 Å². The summed E-state index contributed by atoms with van der Waals surface area (Å²) in [6.07, 6.45) is 1.97. The number of rotatable bonds is 2. The second kappa shape index (κ2) is 5.24. The van der Waals surface area contributed by atoms with Gasteiger partial charge in [-0.1, -0.05) is 35.6 Å². The first-order chi connectivity index (χ1) is 13.3. The van der Waals surface area contributed by atoms with E-state index in [4.69, 9.17) is 9.52 Å². The zero-order valence-corrected chi connectivity index (χ0v) is 15.0. The Morgan fingerprint density at radius 2 is 1.93 bits per heavy atom. The third-order valence-electron chi connectivity index (χ3n) is 4.54. The smallest absolute Gasteiger partial charge is 0.235 e. The van der Waals surface area contributed by atoms with E-state index in [0.29, 0.717) is 10.8 Å². The molecule has 0 saturated heterocycles. The molecule has 1 aromatic carbocycles. The van der Waals surface area contributed by atoms with Gasteiger partial charge in [-0.25, -0.2) is 4.98 Å². The van der Waals surface area contributed by atoms with Crippen LogP contribution in [0.4, 0.5) is 0 Å². The van der Waals surface area contributed by atoms with Gasteiger partial charge in [-0.05, 0) is 31.2 Å². The van der Waals surface area contributed by atoms with E-state index in [2.05, 4.69) is 15.2 Å². The van der Waals surface area contributed by atoms with Gasteiger partial charge in [-0.2, -0.15) is 4.52 Å². The number of para-hydroxylation sites is 1. The molecule has 130 valence electrons. The van der Waals surface area contributed by atoms with E-state index in [9.17, 15) is 0 Å². The Hall–Kier alpha value is -3.52. The van der Waals surface area contributed by atoms with Crippen molar-refractivity contribution >= 4 is 32.9 Å². The summed E-state index contributed by atoms with van der Waals surface area (Å²) in [6.45, 7) is 1.97. The number of aryl methyl sites for hydroxylation is 1. The minimum absolute atomic E-state index is 0.666. The molecule has 7 nitrogen and oxygen atoms in total. The molecule has 0 atom stereocenters. The van der Waals surface area contributed by atoms with Gasteiger partial charge in [0.1, 0.15) is 16.9 Å². The third kappa shape index (κ3) is 2.07. The molecule has 6 aromatic rings. The number of hydrogen-bond acceptors (Lipinski definition) is 6. The highest BCUT2D eigenvalue weighted by Gasteiger charge is 2.21. The van der Waals surface area contributed by atoms with E-state index in [0.717, 1.165) is 38.8 Å². The molecule has 0 fully saturated rings. The van der Waals surface area contributed by atoms with Crippen molar-refractivity contribution in [3.63, 3.8) is 0 Å². The average molecular weight is 372 g/mol. The summed E-state index contributed by atoms with van der Waals surface area (Å²) in [6, 6.07) is 15.8. The molecule has 27 heavy (non-hydrogen) atoms. The normalized spacial score (nSPS) is 11.9. The van der Waals surface area contributed by atoms with E-state index in [1.807, 2.05) is 66.1 Å². The minimum Gasteiger partial charge on any atom is -0.453 e. The summed E-state index contributed by atoms with van der Waals surface area (Å²) in [4.78, 5) is 5.32. The predicted molar refractivity (Wildman–Crippen MR) is 103 cm³/mol. The first-order valence-corrected chi connectivity index (χ1v) is 9.25. The van der Waals surface area contributed by atoms with Crippen LogP contribution in [-0.2, 0) is 0 Å². The molecular weight excluding hydrogens is 360 g/mol. The fourth-order valence-electron chi connectivity index (χ4n) is 3.33. The molecule has 5 heterocycles. The van der Waals surface area contributed by atoms with Gasteiger partial charge in [-0.15, -0.1) is 15.3 Å². The van der Waals surface area contributed by atoms with E-state index < -0.39 is 0 Å². The molecule has 0 N–H and O–H groups in total. The van der Waals surface area contributed by atoms with Gasteiger partial charge in [0.2, 0.25) is 10.8 Å². The summed E-state index contributed by atoms with van der Waals surface area (Å²) in [7, 11) is 0. The molecule has 0 amide bonds. The Kier molecular flexibility index (Phi) is 2.84. The second-order valence-corrected chi connectivity index (χ2v) is 7.20. The number of benzene rings is 1. The van der Waals surface area contributed by atoms with Crippen LogP contribution in [0.15, 0.2) is 59.1 Å². The standard InChI is InChI=1S/C19H12N6OS/c1-11-16(24-9-5-4-8-15(24)20-11)17-21-22-19-25(17)23-18(27-19)14-10-12-6-2-3-7-13(12)26-14/h2-10H,1H3. The molecule has 0 spiro atoms. The van der Waals surface area contributed by atoms with Crippen molar-refractivity contribution in [2.75, 3.05) is 0 Å². The van der Waals surface area contributed by atoms with Crippen molar-refractivity contribution in [1.29, 1.82) is 0 Å². The number of hydrogen-bond donors (Lipinski definition) is 0. The fourth-order valence-corrected chi connectivity index (χ4v) is 4.13. The van der Waals surface area contributed by atoms with Gasteiger partial charge in [0.25, 0.3) is 0 Å². The van der Waals surface area contributed by atoms with Gasteiger partial charge in [0, 0.05) is 11.6 Å². The summed E-state index contributed by atoms with van der Waals surface area (Å²) in [5.74, 6) is 1.40. The maximum Gasteiger partial charge on any atom is 0.235 e. The molecule has 0 aliphatic heterocycles. The summed E-state index contributed by atoms with van der Waals surface area (Å²) in [5.41, 5.74) is 3.49.